The molecule has 0 aromatic heterocycles. The summed E-state index contributed by atoms with van der Waals surface area (Å²) in [6.45, 7) is -0.466. The molecule has 3 aromatic rings. The number of fused-ring (bicyclic) bond motifs is 1. The third-order valence-corrected chi connectivity index (χ3v) is 3.92. The smallest absolute Gasteiger partial charge is 0.310 e. The first kappa shape index (κ1) is 18.1. The predicted octanol–water partition coefficient (Wildman–Crippen LogP) is 3.47. The van der Waals surface area contributed by atoms with Gasteiger partial charge < -0.3 is 10.1 Å². The van der Waals surface area contributed by atoms with Crippen molar-refractivity contribution in [1.82, 2.24) is 0 Å². The fraction of sp³-hybridized carbons (Fsp3) is 0.100. The Morgan fingerprint density at radius 2 is 1.74 bits per heavy atom. The zero-order valence-electron chi connectivity index (χ0n) is 14.3. The van der Waals surface area contributed by atoms with Crippen molar-refractivity contribution >= 4 is 34.0 Å². The number of carbonyl (C=O) groups is 2. The highest BCUT2D eigenvalue weighted by Crippen LogP contribution is 2.19. The minimum absolute atomic E-state index is 0.0471. The molecule has 0 radical (unpaired) electrons. The van der Waals surface area contributed by atoms with Crippen LogP contribution in [-0.2, 0) is 20.7 Å². The molecular weight excluding hydrogens is 348 g/mol. The highest BCUT2D eigenvalue weighted by atomic mass is 16.6. The largest absolute Gasteiger partial charge is 0.455 e. The van der Waals surface area contributed by atoms with Gasteiger partial charge in [-0.05, 0) is 22.4 Å². The fourth-order valence-corrected chi connectivity index (χ4v) is 2.69. The molecule has 0 aliphatic heterocycles. The average Bonchev–Trinajstić information content (AvgIpc) is 2.67. The number of nitro benzene ring substituents is 1. The molecule has 7 nitrogen and oxygen atoms in total. The van der Waals surface area contributed by atoms with Gasteiger partial charge in [0, 0.05) is 17.8 Å². The van der Waals surface area contributed by atoms with E-state index in [-0.39, 0.29) is 17.8 Å². The average molecular weight is 364 g/mol. The van der Waals surface area contributed by atoms with Crippen LogP contribution in [0.2, 0.25) is 0 Å². The SMILES string of the molecule is O=C(COC(=O)Cc1cccc2ccccc12)Nc1cccc([N+](=O)[O-])c1. The monoisotopic (exact) mass is 364 g/mol. The van der Waals surface area contributed by atoms with E-state index in [0.29, 0.717) is 0 Å². The minimum atomic E-state index is -0.568. The first-order valence-corrected chi connectivity index (χ1v) is 8.19. The molecule has 27 heavy (non-hydrogen) atoms. The van der Waals surface area contributed by atoms with Crippen LogP contribution in [0.15, 0.2) is 66.7 Å². The van der Waals surface area contributed by atoms with Gasteiger partial charge in [0.05, 0.1) is 11.3 Å². The van der Waals surface area contributed by atoms with Crippen molar-refractivity contribution in [3.05, 3.63) is 82.4 Å². The van der Waals surface area contributed by atoms with E-state index in [1.165, 1.54) is 24.3 Å². The van der Waals surface area contributed by atoms with Gasteiger partial charge in [-0.3, -0.25) is 19.7 Å². The lowest BCUT2D eigenvalue weighted by Crippen LogP contribution is -2.21. The standard InChI is InChI=1S/C20H16N2O5/c23-19(21-16-8-4-9-17(12-16)22(25)26)13-27-20(24)11-15-7-3-6-14-5-1-2-10-18(14)15/h1-10,12H,11,13H2,(H,21,23). The van der Waals surface area contributed by atoms with Crippen LogP contribution in [0.4, 0.5) is 11.4 Å². The van der Waals surface area contributed by atoms with E-state index in [1.54, 1.807) is 0 Å². The number of non-ortho nitro benzene ring substituents is 1. The summed E-state index contributed by atoms with van der Waals surface area (Å²) in [5.41, 5.74) is 0.942. The van der Waals surface area contributed by atoms with E-state index in [1.807, 2.05) is 42.5 Å². The zero-order valence-corrected chi connectivity index (χ0v) is 14.3. The second-order valence-electron chi connectivity index (χ2n) is 5.83. The first-order chi connectivity index (χ1) is 13.0. The number of nitrogens with zero attached hydrogens (tertiary/aromatic N) is 1. The van der Waals surface area contributed by atoms with Crippen LogP contribution in [0.3, 0.4) is 0 Å². The van der Waals surface area contributed by atoms with Crippen LogP contribution >= 0.6 is 0 Å². The fourth-order valence-electron chi connectivity index (χ4n) is 2.69. The van der Waals surface area contributed by atoms with Gasteiger partial charge in [-0.25, -0.2) is 0 Å². The number of ether oxygens (including phenoxy) is 1. The Kier molecular flexibility index (Phi) is 5.41. The number of nitro groups is 1. The Hall–Kier alpha value is -3.74. The van der Waals surface area contributed by atoms with Crippen molar-refractivity contribution < 1.29 is 19.2 Å². The summed E-state index contributed by atoms with van der Waals surface area (Å²) in [5.74, 6) is -1.10. The van der Waals surface area contributed by atoms with Gasteiger partial charge in [0.25, 0.3) is 11.6 Å². The molecule has 0 unspecified atom stereocenters. The van der Waals surface area contributed by atoms with Gasteiger partial charge >= 0.3 is 5.97 Å². The lowest BCUT2D eigenvalue weighted by atomic mass is 10.0. The molecule has 0 atom stereocenters. The van der Waals surface area contributed by atoms with E-state index in [9.17, 15) is 19.7 Å². The molecule has 3 aromatic carbocycles. The minimum Gasteiger partial charge on any atom is -0.455 e. The molecule has 0 aliphatic rings. The van der Waals surface area contributed by atoms with Gasteiger partial charge in [0.15, 0.2) is 6.61 Å². The van der Waals surface area contributed by atoms with E-state index >= 15 is 0 Å². The van der Waals surface area contributed by atoms with Crippen molar-refractivity contribution in [2.24, 2.45) is 0 Å². The molecule has 3 rings (SSSR count). The van der Waals surface area contributed by atoms with Crippen LogP contribution in [-0.4, -0.2) is 23.4 Å². The van der Waals surface area contributed by atoms with Gasteiger partial charge in [-0.2, -0.15) is 0 Å². The molecule has 136 valence electrons. The van der Waals surface area contributed by atoms with E-state index in [0.717, 1.165) is 16.3 Å². The molecule has 0 heterocycles. The number of anilines is 1. The van der Waals surface area contributed by atoms with E-state index < -0.39 is 23.4 Å². The molecule has 0 saturated heterocycles. The topological polar surface area (TPSA) is 98.5 Å². The lowest BCUT2D eigenvalue weighted by molar-refractivity contribution is -0.384. The summed E-state index contributed by atoms with van der Waals surface area (Å²) in [4.78, 5) is 34.2. The number of rotatable bonds is 6. The third kappa shape index (κ3) is 4.66. The number of hydrogen-bond donors (Lipinski definition) is 1. The van der Waals surface area contributed by atoms with Gasteiger partial charge in [-0.15, -0.1) is 0 Å². The van der Waals surface area contributed by atoms with Crippen molar-refractivity contribution in [3.63, 3.8) is 0 Å². The van der Waals surface area contributed by atoms with Crippen LogP contribution in [0.1, 0.15) is 5.56 Å². The van der Waals surface area contributed by atoms with E-state index in [2.05, 4.69) is 5.32 Å². The zero-order chi connectivity index (χ0) is 19.2. The summed E-state index contributed by atoms with van der Waals surface area (Å²) in [6.07, 6.45) is 0.0471. The maximum atomic E-state index is 12.1. The Bertz CT molecular complexity index is 1010. The van der Waals surface area contributed by atoms with Crippen LogP contribution < -0.4 is 5.32 Å². The number of amides is 1. The highest BCUT2D eigenvalue weighted by Gasteiger charge is 2.12. The van der Waals surface area contributed by atoms with Crippen molar-refractivity contribution in [1.29, 1.82) is 0 Å². The molecule has 0 fully saturated rings. The summed E-state index contributed by atoms with van der Waals surface area (Å²) < 4.78 is 5.02. The Morgan fingerprint density at radius 1 is 1.00 bits per heavy atom. The molecule has 0 bridgehead atoms. The number of esters is 1. The quantitative estimate of drug-likeness (QED) is 0.410. The number of hydrogen-bond acceptors (Lipinski definition) is 5. The van der Waals surface area contributed by atoms with Crippen LogP contribution in [0.25, 0.3) is 10.8 Å². The normalized spacial score (nSPS) is 10.4. The second kappa shape index (κ2) is 8.09. The predicted molar refractivity (Wildman–Crippen MR) is 100 cm³/mol. The lowest BCUT2D eigenvalue weighted by Gasteiger charge is -2.08. The molecular formula is C20H16N2O5. The highest BCUT2D eigenvalue weighted by molar-refractivity contribution is 5.94. The van der Waals surface area contributed by atoms with Gasteiger partial charge in [-0.1, -0.05) is 48.5 Å². The molecule has 0 spiro atoms. The first-order valence-electron chi connectivity index (χ1n) is 8.19. The Morgan fingerprint density at radius 3 is 2.56 bits per heavy atom. The van der Waals surface area contributed by atoms with Crippen molar-refractivity contribution in [3.8, 4) is 0 Å². The molecule has 7 heteroatoms. The Balaban J connectivity index is 1.56. The number of carbonyl (C=O) groups excluding carboxylic acids is 2. The molecule has 1 amide bonds. The third-order valence-electron chi connectivity index (χ3n) is 3.92. The summed E-state index contributed by atoms with van der Waals surface area (Å²) in [6, 6.07) is 18.9. The van der Waals surface area contributed by atoms with Gasteiger partial charge in [0.2, 0.25) is 0 Å². The summed E-state index contributed by atoms with van der Waals surface area (Å²) in [5, 5.41) is 15.2. The molecule has 1 N–H and O–H groups in total. The maximum absolute atomic E-state index is 12.1. The van der Waals surface area contributed by atoms with Crippen LogP contribution in [0, 0.1) is 10.1 Å². The second-order valence-corrected chi connectivity index (χ2v) is 5.83. The maximum Gasteiger partial charge on any atom is 0.310 e. The van der Waals surface area contributed by atoms with Crippen molar-refractivity contribution in [2.75, 3.05) is 11.9 Å². The number of nitrogens with one attached hydrogen (secondary N) is 1. The van der Waals surface area contributed by atoms with Crippen molar-refractivity contribution in [2.45, 2.75) is 6.42 Å². The Labute approximate surface area is 154 Å². The summed E-state index contributed by atoms with van der Waals surface area (Å²) >= 11 is 0. The van der Waals surface area contributed by atoms with Crippen LogP contribution in [0.5, 0.6) is 0 Å². The van der Waals surface area contributed by atoms with E-state index in [4.69, 9.17) is 4.74 Å². The molecule has 0 saturated carbocycles. The number of benzene rings is 3. The summed E-state index contributed by atoms with van der Waals surface area (Å²) in [7, 11) is 0. The molecule has 0 aliphatic carbocycles. The van der Waals surface area contributed by atoms with Gasteiger partial charge in [0.1, 0.15) is 0 Å².